The number of thioether (sulfide) groups is 1. The molecule has 0 saturated carbocycles. The van der Waals surface area contributed by atoms with Crippen molar-refractivity contribution in [3.8, 4) is 11.5 Å². The van der Waals surface area contributed by atoms with Gasteiger partial charge in [-0.25, -0.2) is 0 Å². The van der Waals surface area contributed by atoms with Gasteiger partial charge in [0.15, 0.2) is 5.17 Å². The van der Waals surface area contributed by atoms with Gasteiger partial charge in [-0.3, -0.25) is 15.6 Å². The summed E-state index contributed by atoms with van der Waals surface area (Å²) in [6.45, 7) is 8.28. The number of ether oxygens (including phenoxy) is 1. The predicted molar refractivity (Wildman–Crippen MR) is 138 cm³/mol. The number of hydrogen-bond donors (Lipinski definition) is 4. The molecule has 2 aliphatic rings. The van der Waals surface area contributed by atoms with Crippen LogP contribution < -0.4 is 10.1 Å². The van der Waals surface area contributed by atoms with E-state index in [9.17, 15) is 23.1 Å². The third kappa shape index (κ3) is 7.19. The van der Waals surface area contributed by atoms with E-state index in [1.54, 1.807) is 25.1 Å². The molecule has 0 aliphatic carbocycles. The maximum Gasteiger partial charge on any atom is 0.573 e. The number of amides is 1. The third-order valence-electron chi connectivity index (χ3n) is 6.55. The largest absolute Gasteiger partial charge is 0.573 e. The number of amidine groups is 1. The fourth-order valence-corrected chi connectivity index (χ4v) is 5.94. The summed E-state index contributed by atoms with van der Waals surface area (Å²) in [6.07, 6.45) is -0.422. The summed E-state index contributed by atoms with van der Waals surface area (Å²) in [4.78, 5) is 15.2. The summed E-state index contributed by atoms with van der Waals surface area (Å²) in [7, 11) is 3.30. The Balaban J connectivity index is 1.87. The van der Waals surface area contributed by atoms with E-state index in [0.29, 0.717) is 11.8 Å². The number of nitrogens with one attached hydrogen (secondary N) is 3. The van der Waals surface area contributed by atoms with E-state index in [1.807, 2.05) is 0 Å². The summed E-state index contributed by atoms with van der Waals surface area (Å²) < 4.78 is 44.0. The average Bonchev–Trinajstić information content (AvgIpc) is 2.71. The van der Waals surface area contributed by atoms with Gasteiger partial charge in [-0.15, -0.1) is 13.2 Å². The van der Waals surface area contributed by atoms with Crippen LogP contribution in [0.25, 0.3) is 0 Å². The second-order valence-electron chi connectivity index (χ2n) is 10.9. The van der Waals surface area contributed by atoms with E-state index in [-0.39, 0.29) is 40.2 Å². The van der Waals surface area contributed by atoms with Gasteiger partial charge in [-0.1, -0.05) is 6.08 Å². The fourth-order valence-electron chi connectivity index (χ4n) is 5.14. The Morgan fingerprint density at radius 3 is 2.35 bits per heavy atom. The van der Waals surface area contributed by atoms with Gasteiger partial charge in [0.05, 0.1) is 5.56 Å². The van der Waals surface area contributed by atoms with Gasteiger partial charge in [0.1, 0.15) is 16.5 Å². The second kappa shape index (κ2) is 10.2. The molecule has 1 atom stereocenters. The zero-order valence-electron chi connectivity index (χ0n) is 21.8. The Morgan fingerprint density at radius 2 is 1.81 bits per heavy atom. The molecule has 0 aromatic heterocycles. The van der Waals surface area contributed by atoms with Crippen LogP contribution in [0.3, 0.4) is 0 Å². The lowest BCUT2D eigenvalue weighted by Crippen LogP contribution is -2.62. The first kappa shape index (κ1) is 28.8. The number of aromatic hydroxyl groups is 1. The second-order valence-corrected chi connectivity index (χ2v) is 11.9. The van der Waals surface area contributed by atoms with Gasteiger partial charge < -0.3 is 25.0 Å². The quantitative estimate of drug-likeness (QED) is 0.316. The van der Waals surface area contributed by atoms with Crippen LogP contribution in [0.5, 0.6) is 11.5 Å². The molecule has 1 aromatic rings. The molecule has 12 heteroatoms. The summed E-state index contributed by atoms with van der Waals surface area (Å²) in [6, 6.07) is 2.30. The highest BCUT2D eigenvalue weighted by molar-refractivity contribution is 8.26. The minimum Gasteiger partial charge on any atom is -0.507 e. The van der Waals surface area contributed by atoms with Crippen molar-refractivity contribution in [2.75, 3.05) is 14.1 Å². The summed E-state index contributed by atoms with van der Waals surface area (Å²) in [5.41, 5.74) is -0.587. The van der Waals surface area contributed by atoms with Gasteiger partial charge in [-0.2, -0.15) is 0 Å². The minimum absolute atomic E-state index is 0.0157. The molecule has 1 saturated heterocycles. The van der Waals surface area contributed by atoms with Gasteiger partial charge in [0.25, 0.3) is 0 Å². The van der Waals surface area contributed by atoms with Gasteiger partial charge >= 0.3 is 6.36 Å². The standard InChI is InChI=1S/C25H34F3N5O3S/c1-23(2)12-16(13-24(3,4)31-23)33(6)22(30)37-21(29)20-17(34)9-15(10-18(20)36-25(26,27)28)14-7-8-32(5)19(35)11-14/h7-10,14,16,29-31,34H,11-13H2,1-6H3. The highest BCUT2D eigenvalue weighted by Gasteiger charge is 2.40. The first-order valence-electron chi connectivity index (χ1n) is 11.8. The minimum atomic E-state index is -5.07. The van der Waals surface area contributed by atoms with Crippen molar-refractivity contribution in [2.45, 2.75) is 76.4 Å². The zero-order valence-corrected chi connectivity index (χ0v) is 22.6. The lowest BCUT2D eigenvalue weighted by Gasteiger charge is -2.49. The number of alkyl halides is 3. The van der Waals surface area contributed by atoms with Crippen molar-refractivity contribution in [3.05, 3.63) is 35.5 Å². The molecular formula is C25H34F3N5O3S. The van der Waals surface area contributed by atoms with Crippen molar-refractivity contribution < 1.29 is 27.8 Å². The lowest BCUT2D eigenvalue weighted by atomic mass is 9.79. The molecule has 1 aromatic carbocycles. The number of halogens is 3. The number of benzene rings is 1. The van der Waals surface area contributed by atoms with Crippen LogP contribution in [0, 0.1) is 10.8 Å². The zero-order chi connectivity index (χ0) is 27.9. The molecule has 0 spiro atoms. The molecule has 4 N–H and O–H groups in total. The average molecular weight is 542 g/mol. The third-order valence-corrected chi connectivity index (χ3v) is 7.44. The maximum absolute atomic E-state index is 13.3. The molecule has 1 unspecified atom stereocenters. The molecule has 2 aliphatic heterocycles. The molecular weight excluding hydrogens is 507 g/mol. The van der Waals surface area contributed by atoms with Crippen molar-refractivity contribution >= 4 is 27.9 Å². The van der Waals surface area contributed by atoms with Crippen molar-refractivity contribution in [3.63, 3.8) is 0 Å². The lowest BCUT2D eigenvalue weighted by molar-refractivity contribution is -0.274. The number of piperidine rings is 1. The normalized spacial score (nSPS) is 21.6. The number of rotatable bonds is 4. The van der Waals surface area contributed by atoms with Crippen molar-refractivity contribution in [1.82, 2.24) is 15.1 Å². The van der Waals surface area contributed by atoms with Crippen molar-refractivity contribution in [2.24, 2.45) is 0 Å². The van der Waals surface area contributed by atoms with Crippen LogP contribution in [-0.4, -0.2) is 68.6 Å². The smallest absolute Gasteiger partial charge is 0.507 e. The number of carbonyl (C=O) groups is 1. The summed E-state index contributed by atoms with van der Waals surface area (Å²) in [5, 5.41) is 30.8. The van der Waals surface area contributed by atoms with Gasteiger partial charge in [0, 0.05) is 49.8 Å². The van der Waals surface area contributed by atoms with Gasteiger partial charge in [0.2, 0.25) is 5.91 Å². The number of carbonyl (C=O) groups excluding carboxylic acids is 1. The molecule has 8 nitrogen and oxygen atoms in total. The van der Waals surface area contributed by atoms with Gasteiger partial charge in [-0.05, 0) is 70.0 Å². The van der Waals surface area contributed by atoms with E-state index in [1.165, 1.54) is 17.2 Å². The van der Waals surface area contributed by atoms with Crippen LogP contribution in [-0.2, 0) is 4.79 Å². The number of hydrogen-bond acceptors (Lipinski definition) is 7. The Morgan fingerprint density at radius 1 is 1.22 bits per heavy atom. The van der Waals surface area contributed by atoms with E-state index < -0.39 is 34.4 Å². The molecule has 0 radical (unpaired) electrons. The number of allylic oxidation sites excluding steroid dienone is 1. The monoisotopic (exact) mass is 541 g/mol. The summed E-state index contributed by atoms with van der Waals surface area (Å²) in [5.74, 6) is -2.12. The molecule has 3 rings (SSSR count). The Kier molecular flexibility index (Phi) is 7.95. The first-order valence-corrected chi connectivity index (χ1v) is 12.6. The van der Waals surface area contributed by atoms with E-state index in [0.717, 1.165) is 18.9 Å². The van der Waals surface area contributed by atoms with E-state index in [4.69, 9.17) is 10.8 Å². The number of phenols is 1. The topological polar surface area (TPSA) is 113 Å². The SMILES string of the molecule is CN1C=CC(c2cc(O)c(C(=N)SC(=N)N(C)C3CC(C)(C)NC(C)(C)C3)c(OC(F)(F)F)c2)CC1=O. The van der Waals surface area contributed by atoms with E-state index in [2.05, 4.69) is 37.7 Å². The fraction of sp³-hybridized carbons (Fsp3) is 0.560. The number of nitrogens with zero attached hydrogens (tertiary/aromatic N) is 2. The van der Waals surface area contributed by atoms with Crippen LogP contribution in [0.2, 0.25) is 0 Å². The van der Waals surface area contributed by atoms with E-state index >= 15 is 0 Å². The molecule has 1 amide bonds. The maximum atomic E-state index is 13.3. The Labute approximate surface area is 219 Å². The Bertz CT molecular complexity index is 1100. The van der Waals surface area contributed by atoms with Crippen LogP contribution in [0.1, 0.15) is 64.0 Å². The molecule has 0 bridgehead atoms. The Hall–Kier alpha value is -2.73. The first-order chi connectivity index (χ1) is 16.9. The highest BCUT2D eigenvalue weighted by Crippen LogP contribution is 2.40. The molecule has 204 valence electrons. The number of phenolic OH excluding ortho intramolecular Hbond substituents is 1. The highest BCUT2D eigenvalue weighted by atomic mass is 32.2. The predicted octanol–water partition coefficient (Wildman–Crippen LogP) is 4.98. The van der Waals surface area contributed by atoms with Crippen molar-refractivity contribution in [1.29, 1.82) is 10.8 Å². The summed E-state index contributed by atoms with van der Waals surface area (Å²) >= 11 is 0.641. The molecule has 2 heterocycles. The van der Waals surface area contributed by atoms with Crippen LogP contribution in [0.15, 0.2) is 24.4 Å². The van der Waals surface area contributed by atoms with Crippen LogP contribution in [0.4, 0.5) is 13.2 Å². The van der Waals surface area contributed by atoms with Crippen LogP contribution >= 0.6 is 11.8 Å². The molecule has 37 heavy (non-hydrogen) atoms. The molecule has 1 fully saturated rings.